The van der Waals surface area contributed by atoms with Gasteiger partial charge in [-0.1, -0.05) is 25.1 Å². The van der Waals surface area contributed by atoms with Crippen molar-refractivity contribution in [2.24, 2.45) is 0 Å². The number of aryl methyl sites for hydroxylation is 1. The van der Waals surface area contributed by atoms with Gasteiger partial charge in [0.15, 0.2) is 0 Å². The third kappa shape index (κ3) is 4.19. The third-order valence-electron chi connectivity index (χ3n) is 3.30. The van der Waals surface area contributed by atoms with Crippen molar-refractivity contribution in [1.82, 2.24) is 0 Å². The Labute approximate surface area is 130 Å². The second-order valence-corrected chi connectivity index (χ2v) is 5.14. The smallest absolute Gasteiger partial charge is 0.255 e. The Hall–Kier alpha value is -2.62. The fourth-order valence-corrected chi connectivity index (χ4v) is 2.06. The molecule has 0 aliphatic heterocycles. The van der Waals surface area contributed by atoms with E-state index in [2.05, 4.69) is 10.6 Å². The van der Waals surface area contributed by atoms with E-state index in [0.717, 1.165) is 17.7 Å². The van der Waals surface area contributed by atoms with E-state index in [-0.39, 0.29) is 11.8 Å². The molecule has 0 fully saturated rings. The first-order valence-electron chi connectivity index (χ1n) is 7.37. The molecule has 114 valence electrons. The molecular weight excluding hydrogens is 276 g/mol. The highest BCUT2D eigenvalue weighted by atomic mass is 16.2. The molecule has 0 aromatic heterocycles. The lowest BCUT2D eigenvalue weighted by Crippen LogP contribution is -2.13. The molecule has 2 rings (SSSR count). The van der Waals surface area contributed by atoms with E-state index in [1.54, 1.807) is 24.3 Å². The number of carbonyl (C=O) groups excluding carboxylic acids is 2. The molecule has 0 saturated heterocycles. The van der Waals surface area contributed by atoms with Crippen molar-refractivity contribution < 1.29 is 9.59 Å². The molecule has 2 amide bonds. The number of hydrogen-bond acceptors (Lipinski definition) is 2. The summed E-state index contributed by atoms with van der Waals surface area (Å²) in [6.45, 7) is 3.90. The first-order valence-corrected chi connectivity index (χ1v) is 7.37. The molecule has 0 bridgehead atoms. The number of benzene rings is 2. The van der Waals surface area contributed by atoms with Crippen LogP contribution in [0.4, 0.5) is 11.4 Å². The molecule has 0 spiro atoms. The second-order valence-electron chi connectivity index (χ2n) is 5.14. The highest BCUT2D eigenvalue weighted by molar-refractivity contribution is 6.05. The molecule has 2 N–H and O–H groups in total. The van der Waals surface area contributed by atoms with Gasteiger partial charge < -0.3 is 10.6 Å². The summed E-state index contributed by atoms with van der Waals surface area (Å²) in [7, 11) is 0. The van der Waals surface area contributed by atoms with Crippen LogP contribution in [0.15, 0.2) is 48.5 Å². The molecule has 0 atom stereocenters. The van der Waals surface area contributed by atoms with Gasteiger partial charge in [0.2, 0.25) is 5.91 Å². The maximum absolute atomic E-state index is 12.2. The van der Waals surface area contributed by atoms with Gasteiger partial charge >= 0.3 is 0 Å². The lowest BCUT2D eigenvalue weighted by atomic mass is 10.1. The van der Waals surface area contributed by atoms with Crippen LogP contribution >= 0.6 is 0 Å². The number of nitrogens with one attached hydrogen (secondary N) is 2. The topological polar surface area (TPSA) is 58.2 Å². The molecule has 0 unspecified atom stereocenters. The summed E-state index contributed by atoms with van der Waals surface area (Å²) in [5, 5.41) is 5.68. The molecule has 4 heteroatoms. The van der Waals surface area contributed by atoms with Gasteiger partial charge in [-0.3, -0.25) is 9.59 Å². The molecule has 0 radical (unpaired) electrons. The minimum Gasteiger partial charge on any atom is -0.326 e. The van der Waals surface area contributed by atoms with Crippen LogP contribution in [0.3, 0.4) is 0 Å². The standard InChI is InChI=1S/C18H20N2O2/c1-3-6-17(21)19-15-11-9-14(10-12-15)18(22)20-16-8-5-4-7-13(16)2/h4-5,7-12H,3,6H2,1-2H3,(H,19,21)(H,20,22). The van der Waals surface area contributed by atoms with Crippen LogP contribution in [-0.2, 0) is 4.79 Å². The van der Waals surface area contributed by atoms with Crippen molar-refractivity contribution in [3.63, 3.8) is 0 Å². The maximum Gasteiger partial charge on any atom is 0.255 e. The third-order valence-corrected chi connectivity index (χ3v) is 3.30. The maximum atomic E-state index is 12.2. The van der Waals surface area contributed by atoms with Crippen LogP contribution in [0.2, 0.25) is 0 Å². The summed E-state index contributed by atoms with van der Waals surface area (Å²) in [6, 6.07) is 14.5. The van der Waals surface area contributed by atoms with Gasteiger partial charge in [0.1, 0.15) is 0 Å². The fraction of sp³-hybridized carbons (Fsp3) is 0.222. The van der Waals surface area contributed by atoms with Gasteiger partial charge in [-0.25, -0.2) is 0 Å². The van der Waals surface area contributed by atoms with Crippen LogP contribution in [-0.4, -0.2) is 11.8 Å². The quantitative estimate of drug-likeness (QED) is 0.876. The second kappa shape index (κ2) is 7.41. The van der Waals surface area contributed by atoms with E-state index >= 15 is 0 Å². The highest BCUT2D eigenvalue weighted by Gasteiger charge is 2.08. The normalized spacial score (nSPS) is 10.1. The minimum absolute atomic E-state index is 0.0142. The van der Waals surface area contributed by atoms with Crippen LogP contribution in [0.1, 0.15) is 35.7 Å². The van der Waals surface area contributed by atoms with E-state index in [0.29, 0.717) is 17.7 Å². The van der Waals surface area contributed by atoms with Crippen molar-refractivity contribution in [3.8, 4) is 0 Å². The van der Waals surface area contributed by atoms with Gasteiger partial charge in [0.05, 0.1) is 0 Å². The monoisotopic (exact) mass is 296 g/mol. The number of hydrogen-bond donors (Lipinski definition) is 2. The molecule has 0 aliphatic carbocycles. The van der Waals surface area contributed by atoms with E-state index < -0.39 is 0 Å². The number of rotatable bonds is 5. The number of amides is 2. The van der Waals surface area contributed by atoms with Crippen molar-refractivity contribution in [2.75, 3.05) is 10.6 Å². The lowest BCUT2D eigenvalue weighted by molar-refractivity contribution is -0.116. The predicted octanol–water partition coefficient (Wildman–Crippen LogP) is 3.99. The zero-order chi connectivity index (χ0) is 15.9. The molecule has 4 nitrogen and oxygen atoms in total. The summed E-state index contributed by atoms with van der Waals surface area (Å²) >= 11 is 0. The van der Waals surface area contributed by atoms with Crippen LogP contribution in [0, 0.1) is 6.92 Å². The summed E-state index contributed by atoms with van der Waals surface area (Å²) in [5.41, 5.74) is 3.06. The van der Waals surface area contributed by atoms with Gasteiger partial charge in [-0.05, 0) is 49.2 Å². The first-order chi connectivity index (χ1) is 10.6. The first kappa shape index (κ1) is 15.8. The molecule has 2 aromatic carbocycles. The SMILES string of the molecule is CCCC(=O)Nc1ccc(C(=O)Nc2ccccc2C)cc1. The van der Waals surface area contributed by atoms with Gasteiger partial charge in [-0.15, -0.1) is 0 Å². The van der Waals surface area contributed by atoms with Gasteiger partial charge in [0, 0.05) is 23.4 Å². The summed E-state index contributed by atoms with van der Waals surface area (Å²) < 4.78 is 0. The Balaban J connectivity index is 2.02. The Bertz CT molecular complexity index is 663. The molecule has 2 aromatic rings. The van der Waals surface area contributed by atoms with Crippen molar-refractivity contribution in [2.45, 2.75) is 26.7 Å². The summed E-state index contributed by atoms with van der Waals surface area (Å²) in [6.07, 6.45) is 1.30. The number of carbonyl (C=O) groups is 2. The zero-order valence-electron chi connectivity index (χ0n) is 12.8. The van der Waals surface area contributed by atoms with Crippen LogP contribution in [0.5, 0.6) is 0 Å². The fourth-order valence-electron chi connectivity index (χ4n) is 2.06. The molecule has 22 heavy (non-hydrogen) atoms. The lowest BCUT2D eigenvalue weighted by Gasteiger charge is -2.09. The molecule has 0 aliphatic rings. The molecule has 0 heterocycles. The van der Waals surface area contributed by atoms with Crippen molar-refractivity contribution >= 4 is 23.2 Å². The van der Waals surface area contributed by atoms with E-state index in [1.807, 2.05) is 38.1 Å². The van der Waals surface area contributed by atoms with E-state index in [1.165, 1.54) is 0 Å². The molecular formula is C18H20N2O2. The highest BCUT2D eigenvalue weighted by Crippen LogP contribution is 2.16. The zero-order valence-corrected chi connectivity index (χ0v) is 12.8. The van der Waals surface area contributed by atoms with Gasteiger partial charge in [-0.2, -0.15) is 0 Å². The van der Waals surface area contributed by atoms with Crippen LogP contribution < -0.4 is 10.6 Å². The van der Waals surface area contributed by atoms with Crippen molar-refractivity contribution in [1.29, 1.82) is 0 Å². The van der Waals surface area contributed by atoms with Gasteiger partial charge in [0.25, 0.3) is 5.91 Å². The minimum atomic E-state index is -0.166. The average Bonchev–Trinajstić information content (AvgIpc) is 2.50. The summed E-state index contributed by atoms with van der Waals surface area (Å²) in [4.78, 5) is 23.7. The Kier molecular flexibility index (Phi) is 5.31. The number of anilines is 2. The Morgan fingerprint density at radius 3 is 2.27 bits per heavy atom. The van der Waals surface area contributed by atoms with E-state index in [9.17, 15) is 9.59 Å². The van der Waals surface area contributed by atoms with Crippen molar-refractivity contribution in [3.05, 3.63) is 59.7 Å². The number of para-hydroxylation sites is 1. The van der Waals surface area contributed by atoms with E-state index in [4.69, 9.17) is 0 Å². The van der Waals surface area contributed by atoms with Crippen LogP contribution in [0.25, 0.3) is 0 Å². The summed E-state index contributed by atoms with van der Waals surface area (Å²) in [5.74, 6) is -0.180. The molecule has 0 saturated carbocycles. The Morgan fingerprint density at radius 2 is 1.64 bits per heavy atom. The largest absolute Gasteiger partial charge is 0.326 e. The Morgan fingerprint density at radius 1 is 0.955 bits per heavy atom. The predicted molar refractivity (Wildman–Crippen MR) is 89.1 cm³/mol. The average molecular weight is 296 g/mol.